The highest BCUT2D eigenvalue weighted by molar-refractivity contribution is 5.74. The van der Waals surface area contributed by atoms with Gasteiger partial charge in [-0.25, -0.2) is 4.79 Å². The Bertz CT molecular complexity index is 817. The van der Waals surface area contributed by atoms with Crippen LogP contribution in [0.25, 0.3) is 0 Å². The molecule has 0 spiro atoms. The molecule has 4 heteroatoms. The number of carbonyl (C=O) groups is 1. The normalized spacial score (nSPS) is 13.3. The summed E-state index contributed by atoms with van der Waals surface area (Å²) in [7, 11) is 4.14. The van der Waals surface area contributed by atoms with Crippen LogP contribution in [0.5, 0.6) is 5.75 Å². The van der Waals surface area contributed by atoms with Gasteiger partial charge in [0.15, 0.2) is 6.04 Å². The molecule has 4 nitrogen and oxygen atoms in total. The average Bonchev–Trinajstić information content (AvgIpc) is 2.84. The topological polar surface area (TPSA) is 35.5 Å². The van der Waals surface area contributed by atoms with Crippen LogP contribution in [0.15, 0.2) is 54.6 Å². The number of esters is 1. The number of ether oxygens (including phenoxy) is 2. The fourth-order valence-electron chi connectivity index (χ4n) is 4.04. The van der Waals surface area contributed by atoms with Crippen LogP contribution in [0.4, 0.5) is 0 Å². The van der Waals surface area contributed by atoms with Gasteiger partial charge in [0.2, 0.25) is 0 Å². The molecule has 0 heterocycles. The van der Waals surface area contributed by atoms with Crippen LogP contribution < -0.4 is 4.74 Å². The van der Waals surface area contributed by atoms with Crippen molar-refractivity contribution >= 4 is 5.97 Å². The van der Waals surface area contributed by atoms with Crippen molar-refractivity contribution in [3.63, 3.8) is 0 Å². The fourth-order valence-corrected chi connectivity index (χ4v) is 4.04. The summed E-state index contributed by atoms with van der Waals surface area (Å²) in [6.07, 6.45) is 9.65. The third-order valence-electron chi connectivity index (χ3n) is 6.73. The summed E-state index contributed by atoms with van der Waals surface area (Å²) >= 11 is 0. The van der Waals surface area contributed by atoms with E-state index in [9.17, 15) is 4.79 Å². The van der Waals surface area contributed by atoms with E-state index in [1.807, 2.05) is 37.3 Å². The second-order valence-electron chi connectivity index (χ2n) is 10.0. The fraction of sp³-hybridized carbons (Fsp3) is 0.567. The molecular weight excluding hydrogens is 422 g/mol. The molecule has 0 aromatic heterocycles. The van der Waals surface area contributed by atoms with E-state index >= 15 is 0 Å². The minimum atomic E-state index is -0.265. The lowest BCUT2D eigenvalue weighted by Crippen LogP contribution is -2.51. The van der Waals surface area contributed by atoms with Gasteiger partial charge in [0.1, 0.15) is 25.0 Å². The van der Waals surface area contributed by atoms with Gasteiger partial charge in [-0.15, -0.1) is 0 Å². The number of unbranched alkanes of at least 4 members (excludes halogenated alkanes) is 5. The van der Waals surface area contributed by atoms with E-state index in [2.05, 4.69) is 52.2 Å². The van der Waals surface area contributed by atoms with E-state index in [4.69, 9.17) is 9.47 Å². The number of likely N-dealkylation sites (N-methyl/N-ethyl adjacent to an activating group) is 1. The Morgan fingerprint density at radius 3 is 2.15 bits per heavy atom. The summed E-state index contributed by atoms with van der Waals surface area (Å²) in [5, 5.41) is 0. The largest absolute Gasteiger partial charge is 0.487 e. The molecular formula is C30H46NO3+. The number of quaternary nitrogens is 1. The lowest BCUT2D eigenvalue weighted by molar-refractivity contribution is -0.917. The zero-order valence-electron chi connectivity index (χ0n) is 22.1. The Hall–Kier alpha value is -2.33. The first-order valence-corrected chi connectivity index (χ1v) is 13.1. The van der Waals surface area contributed by atoms with Crippen LogP contribution in [-0.2, 0) is 22.5 Å². The molecule has 2 aromatic rings. The molecule has 2 rings (SSSR count). The molecule has 0 aliphatic heterocycles. The predicted molar refractivity (Wildman–Crippen MR) is 141 cm³/mol. The van der Waals surface area contributed by atoms with Crippen molar-refractivity contribution < 1.29 is 18.8 Å². The van der Waals surface area contributed by atoms with Gasteiger partial charge in [-0.3, -0.25) is 0 Å². The highest BCUT2D eigenvalue weighted by Gasteiger charge is 2.32. The first kappa shape index (κ1) is 27.9. The molecule has 0 saturated heterocycles. The van der Waals surface area contributed by atoms with Crippen molar-refractivity contribution in [2.24, 2.45) is 0 Å². The number of hydrogen-bond donors (Lipinski definition) is 0. The Morgan fingerprint density at radius 1 is 0.853 bits per heavy atom. The van der Waals surface area contributed by atoms with Crippen molar-refractivity contribution in [2.45, 2.75) is 90.8 Å². The van der Waals surface area contributed by atoms with Crippen molar-refractivity contribution in [2.75, 3.05) is 20.7 Å². The van der Waals surface area contributed by atoms with Gasteiger partial charge in [0, 0.05) is 5.56 Å². The molecule has 0 aliphatic carbocycles. The first-order valence-electron chi connectivity index (χ1n) is 13.1. The minimum absolute atomic E-state index is 0.148. The maximum Gasteiger partial charge on any atom is 0.364 e. The van der Waals surface area contributed by atoms with Crippen LogP contribution in [0.1, 0.15) is 76.8 Å². The van der Waals surface area contributed by atoms with E-state index < -0.39 is 0 Å². The second-order valence-corrected chi connectivity index (χ2v) is 10.0. The maximum absolute atomic E-state index is 12.8. The average molecular weight is 469 g/mol. The van der Waals surface area contributed by atoms with Crippen LogP contribution in [0.2, 0.25) is 0 Å². The van der Waals surface area contributed by atoms with E-state index in [-0.39, 0.29) is 24.7 Å². The van der Waals surface area contributed by atoms with Crippen LogP contribution >= 0.6 is 0 Å². The van der Waals surface area contributed by atoms with E-state index in [1.165, 1.54) is 49.7 Å². The lowest BCUT2D eigenvalue weighted by Gasteiger charge is -2.34. The van der Waals surface area contributed by atoms with Gasteiger partial charge in [-0.1, -0.05) is 88.4 Å². The number of hydrogen-bond acceptors (Lipinski definition) is 3. The zero-order valence-corrected chi connectivity index (χ0v) is 22.1. The van der Waals surface area contributed by atoms with Crippen molar-refractivity contribution in [3.8, 4) is 5.75 Å². The summed E-state index contributed by atoms with van der Waals surface area (Å²) in [6, 6.07) is 18.4. The molecule has 0 N–H and O–H groups in total. The molecule has 0 saturated carbocycles. The van der Waals surface area contributed by atoms with Gasteiger partial charge >= 0.3 is 5.97 Å². The maximum atomic E-state index is 12.8. The Morgan fingerprint density at radius 2 is 1.50 bits per heavy atom. The Kier molecular flexibility index (Phi) is 12.2. The van der Waals surface area contributed by atoms with E-state index in [0.29, 0.717) is 4.48 Å². The minimum Gasteiger partial charge on any atom is -0.487 e. The van der Waals surface area contributed by atoms with E-state index in [0.717, 1.165) is 25.1 Å². The summed E-state index contributed by atoms with van der Waals surface area (Å²) in [6.45, 7) is 7.30. The van der Waals surface area contributed by atoms with Crippen molar-refractivity contribution in [1.29, 1.82) is 0 Å². The van der Waals surface area contributed by atoms with Gasteiger partial charge in [-0.05, 0) is 43.9 Å². The molecule has 2 unspecified atom stereocenters. The number of benzene rings is 2. The molecule has 188 valence electrons. The molecule has 0 amide bonds. The number of rotatable bonds is 16. The smallest absolute Gasteiger partial charge is 0.364 e. The lowest BCUT2D eigenvalue weighted by atomic mass is 10.0. The molecule has 2 aromatic carbocycles. The van der Waals surface area contributed by atoms with Gasteiger partial charge in [-0.2, -0.15) is 0 Å². The summed E-state index contributed by atoms with van der Waals surface area (Å²) in [4.78, 5) is 12.8. The number of carbonyl (C=O) groups excluding carboxylic acids is 1. The second kappa shape index (κ2) is 14.8. The molecule has 0 bridgehead atoms. The monoisotopic (exact) mass is 468 g/mol. The quantitative estimate of drug-likeness (QED) is 0.152. The SMILES string of the molecule is CCCCCCCCc1ccc(OC(CC)COC(=O)C(C)[N+](C)(C)Cc2ccccc2)cc1. The molecule has 0 fully saturated rings. The van der Waals surface area contributed by atoms with Crippen molar-refractivity contribution in [1.82, 2.24) is 0 Å². The van der Waals surface area contributed by atoms with Gasteiger partial charge < -0.3 is 14.0 Å². The van der Waals surface area contributed by atoms with Crippen molar-refractivity contribution in [3.05, 3.63) is 65.7 Å². The van der Waals surface area contributed by atoms with Gasteiger partial charge in [0.25, 0.3) is 0 Å². The van der Waals surface area contributed by atoms with Crippen LogP contribution in [-0.4, -0.2) is 43.3 Å². The Labute approximate surface area is 207 Å². The highest BCUT2D eigenvalue weighted by Crippen LogP contribution is 2.19. The molecule has 0 radical (unpaired) electrons. The molecule has 0 aliphatic rings. The third kappa shape index (κ3) is 9.89. The first-order chi connectivity index (χ1) is 16.4. The van der Waals surface area contributed by atoms with E-state index in [1.54, 1.807) is 0 Å². The predicted octanol–water partition coefficient (Wildman–Crippen LogP) is 6.96. The summed E-state index contributed by atoms with van der Waals surface area (Å²) in [5.41, 5.74) is 2.57. The number of aryl methyl sites for hydroxylation is 1. The van der Waals surface area contributed by atoms with Crippen LogP contribution in [0.3, 0.4) is 0 Å². The summed E-state index contributed by atoms with van der Waals surface area (Å²) < 4.78 is 12.4. The third-order valence-corrected chi connectivity index (χ3v) is 6.73. The highest BCUT2D eigenvalue weighted by atomic mass is 16.6. The Balaban J connectivity index is 1.77. The molecule has 34 heavy (non-hydrogen) atoms. The zero-order chi connectivity index (χ0) is 24.8. The summed E-state index contributed by atoms with van der Waals surface area (Å²) in [5.74, 6) is 0.653. The molecule has 2 atom stereocenters. The standard InChI is InChI=1S/C30H46NO3/c1-6-8-9-10-11-13-16-26-19-21-29(22-20-26)34-28(7-2)24-33-30(32)25(3)31(4,5)23-27-17-14-12-15-18-27/h12,14-15,17-22,25,28H,6-11,13,16,23-24H2,1-5H3/q+1. The number of nitrogens with zero attached hydrogens (tertiary/aromatic N) is 1. The van der Waals surface area contributed by atoms with Gasteiger partial charge in [0.05, 0.1) is 14.1 Å². The van der Waals surface area contributed by atoms with Crippen LogP contribution in [0, 0.1) is 0 Å².